The lowest BCUT2D eigenvalue weighted by atomic mass is 10.1. The van der Waals surface area contributed by atoms with Gasteiger partial charge in [0.05, 0.1) is 22.6 Å². The molecular weight excluding hydrogens is 256 g/mol. The van der Waals surface area contributed by atoms with Crippen LogP contribution in [0.1, 0.15) is 12.5 Å². The molecule has 0 spiro atoms. The number of rotatable bonds is 1. The molecule has 3 rings (SSSR count). The van der Waals surface area contributed by atoms with E-state index in [-0.39, 0.29) is 0 Å². The van der Waals surface area contributed by atoms with Crippen molar-refractivity contribution in [2.75, 3.05) is 0 Å². The second-order valence-electron chi connectivity index (χ2n) is 4.60. The van der Waals surface area contributed by atoms with Crippen LogP contribution in [0.25, 0.3) is 21.8 Å². The van der Waals surface area contributed by atoms with Crippen molar-refractivity contribution in [1.29, 1.82) is 0 Å². The molecule has 100 valence electrons. The number of para-hydroxylation sites is 1. The van der Waals surface area contributed by atoms with Crippen LogP contribution in [0.15, 0.2) is 41.3 Å². The fraction of sp³-hybridized carbons (Fsp3) is 0.133. The molecule has 20 heavy (non-hydrogen) atoms. The molecular formula is C15H12N2O3. The number of hydrogen-bond donors (Lipinski definition) is 0. The van der Waals surface area contributed by atoms with Gasteiger partial charge in [0, 0.05) is 12.3 Å². The third-order valence-corrected chi connectivity index (χ3v) is 3.10. The van der Waals surface area contributed by atoms with Crippen LogP contribution in [0, 0.1) is 6.92 Å². The average molecular weight is 268 g/mol. The van der Waals surface area contributed by atoms with Crippen LogP contribution in [-0.4, -0.2) is 15.7 Å². The van der Waals surface area contributed by atoms with Crippen molar-refractivity contribution < 1.29 is 9.63 Å². The molecule has 5 heteroatoms. The summed E-state index contributed by atoms with van der Waals surface area (Å²) < 4.78 is 0.925. The fourth-order valence-corrected chi connectivity index (χ4v) is 2.19. The average Bonchev–Trinajstić information content (AvgIpc) is 2.41. The van der Waals surface area contributed by atoms with Gasteiger partial charge in [-0.05, 0) is 24.6 Å². The first kappa shape index (κ1) is 12.3. The first-order valence-corrected chi connectivity index (χ1v) is 6.17. The van der Waals surface area contributed by atoms with Crippen LogP contribution in [0.4, 0.5) is 0 Å². The fourth-order valence-electron chi connectivity index (χ4n) is 2.19. The van der Waals surface area contributed by atoms with Gasteiger partial charge in [0.25, 0.3) is 5.56 Å². The highest BCUT2D eigenvalue weighted by Crippen LogP contribution is 2.19. The summed E-state index contributed by atoms with van der Waals surface area (Å²) in [5.74, 6) is -0.545. The molecule has 0 aliphatic heterocycles. The highest BCUT2D eigenvalue weighted by atomic mass is 16.7. The molecule has 0 fully saturated rings. The van der Waals surface area contributed by atoms with E-state index in [2.05, 4.69) is 4.98 Å². The Morgan fingerprint density at radius 2 is 2.10 bits per heavy atom. The number of aryl methyl sites for hydroxylation is 1. The van der Waals surface area contributed by atoms with Crippen molar-refractivity contribution in [2.45, 2.75) is 13.8 Å². The van der Waals surface area contributed by atoms with E-state index in [9.17, 15) is 9.59 Å². The van der Waals surface area contributed by atoms with Crippen molar-refractivity contribution in [1.82, 2.24) is 9.71 Å². The van der Waals surface area contributed by atoms with Gasteiger partial charge in [-0.1, -0.05) is 18.2 Å². The SMILES string of the molecule is CC(=O)On1ccc2nc3c(C)cccc3cc2c1=O. The lowest BCUT2D eigenvalue weighted by molar-refractivity contribution is -0.141. The Hall–Kier alpha value is -2.69. The lowest BCUT2D eigenvalue weighted by Gasteiger charge is -2.07. The summed E-state index contributed by atoms with van der Waals surface area (Å²) in [6.45, 7) is 3.22. The summed E-state index contributed by atoms with van der Waals surface area (Å²) >= 11 is 0. The van der Waals surface area contributed by atoms with Gasteiger partial charge in [0.2, 0.25) is 0 Å². The molecule has 0 N–H and O–H groups in total. The normalized spacial score (nSPS) is 10.9. The van der Waals surface area contributed by atoms with Crippen LogP contribution in [0.3, 0.4) is 0 Å². The monoisotopic (exact) mass is 268 g/mol. The molecule has 0 radical (unpaired) electrons. The zero-order valence-corrected chi connectivity index (χ0v) is 11.1. The number of benzene rings is 1. The minimum absolute atomic E-state index is 0.395. The number of carbonyl (C=O) groups is 1. The predicted molar refractivity (Wildman–Crippen MR) is 75.5 cm³/mol. The quantitative estimate of drug-likeness (QED) is 0.632. The Bertz CT molecular complexity index is 897. The Labute approximate surface area is 114 Å². The smallest absolute Gasteiger partial charge is 0.330 e. The molecule has 0 aliphatic rings. The van der Waals surface area contributed by atoms with Crippen LogP contribution in [0.2, 0.25) is 0 Å². The number of carbonyl (C=O) groups excluding carboxylic acids is 1. The number of pyridine rings is 2. The van der Waals surface area contributed by atoms with E-state index in [0.29, 0.717) is 10.9 Å². The summed E-state index contributed by atoms with van der Waals surface area (Å²) in [7, 11) is 0. The first-order valence-electron chi connectivity index (χ1n) is 6.17. The zero-order valence-electron chi connectivity index (χ0n) is 11.1. The van der Waals surface area contributed by atoms with Crippen LogP contribution < -0.4 is 10.4 Å². The molecule has 0 atom stereocenters. The number of nitrogens with zero attached hydrogens (tertiary/aromatic N) is 2. The number of aromatic nitrogens is 2. The Balaban J connectivity index is 2.35. The largest absolute Gasteiger partial charge is 0.334 e. The molecule has 1 aromatic carbocycles. The van der Waals surface area contributed by atoms with Gasteiger partial charge in [-0.2, -0.15) is 0 Å². The summed E-state index contributed by atoms with van der Waals surface area (Å²) in [4.78, 5) is 32.5. The second-order valence-corrected chi connectivity index (χ2v) is 4.60. The van der Waals surface area contributed by atoms with E-state index >= 15 is 0 Å². The highest BCUT2D eigenvalue weighted by Gasteiger charge is 2.08. The predicted octanol–water partition coefficient (Wildman–Crippen LogP) is 1.83. The van der Waals surface area contributed by atoms with E-state index < -0.39 is 11.5 Å². The summed E-state index contributed by atoms with van der Waals surface area (Å²) in [5.41, 5.74) is 2.10. The van der Waals surface area contributed by atoms with Gasteiger partial charge in [-0.3, -0.25) is 4.79 Å². The van der Waals surface area contributed by atoms with E-state index in [1.165, 1.54) is 13.1 Å². The molecule has 2 heterocycles. The van der Waals surface area contributed by atoms with Gasteiger partial charge in [-0.15, -0.1) is 4.73 Å². The van der Waals surface area contributed by atoms with E-state index in [1.54, 1.807) is 12.1 Å². The summed E-state index contributed by atoms with van der Waals surface area (Å²) in [5, 5.41) is 1.31. The van der Waals surface area contributed by atoms with Gasteiger partial charge in [0.1, 0.15) is 0 Å². The molecule has 0 unspecified atom stereocenters. The van der Waals surface area contributed by atoms with Crippen LogP contribution in [0.5, 0.6) is 0 Å². The molecule has 0 bridgehead atoms. The van der Waals surface area contributed by atoms with Crippen LogP contribution >= 0.6 is 0 Å². The van der Waals surface area contributed by atoms with Crippen molar-refractivity contribution >= 4 is 27.8 Å². The van der Waals surface area contributed by atoms with E-state index in [1.807, 2.05) is 25.1 Å². The molecule has 0 aliphatic carbocycles. The van der Waals surface area contributed by atoms with Gasteiger partial charge in [0.15, 0.2) is 0 Å². The van der Waals surface area contributed by atoms with Crippen molar-refractivity contribution in [3.05, 3.63) is 52.4 Å². The topological polar surface area (TPSA) is 61.2 Å². The molecule has 0 saturated carbocycles. The molecule has 2 aromatic heterocycles. The maximum absolute atomic E-state index is 12.2. The highest BCUT2D eigenvalue weighted by molar-refractivity contribution is 5.93. The maximum Gasteiger partial charge on any atom is 0.330 e. The third-order valence-electron chi connectivity index (χ3n) is 3.10. The van der Waals surface area contributed by atoms with Crippen LogP contribution in [-0.2, 0) is 4.79 Å². The number of hydrogen-bond acceptors (Lipinski definition) is 4. The van der Waals surface area contributed by atoms with E-state index in [4.69, 9.17) is 4.84 Å². The van der Waals surface area contributed by atoms with Crippen molar-refractivity contribution in [3.63, 3.8) is 0 Å². The Kier molecular flexibility index (Phi) is 2.75. The molecule has 0 amide bonds. The summed E-state index contributed by atoms with van der Waals surface area (Å²) in [6, 6.07) is 9.22. The Morgan fingerprint density at radius 3 is 2.85 bits per heavy atom. The third kappa shape index (κ3) is 1.93. The van der Waals surface area contributed by atoms with Crippen molar-refractivity contribution in [2.24, 2.45) is 0 Å². The minimum Gasteiger partial charge on any atom is -0.334 e. The first-order chi connectivity index (χ1) is 9.56. The summed E-state index contributed by atoms with van der Waals surface area (Å²) in [6.07, 6.45) is 1.41. The van der Waals surface area contributed by atoms with Gasteiger partial charge < -0.3 is 4.84 Å². The molecule has 3 aromatic rings. The van der Waals surface area contributed by atoms with E-state index in [0.717, 1.165) is 21.2 Å². The Morgan fingerprint density at radius 1 is 1.30 bits per heavy atom. The zero-order chi connectivity index (χ0) is 14.3. The standard InChI is InChI=1S/C15H12N2O3/c1-9-4-3-5-11-8-12-13(16-14(9)11)6-7-17(15(12)19)20-10(2)18/h3-8H,1-2H3. The lowest BCUT2D eigenvalue weighted by Crippen LogP contribution is -2.29. The van der Waals surface area contributed by atoms with Crippen molar-refractivity contribution in [3.8, 4) is 0 Å². The van der Waals surface area contributed by atoms with Gasteiger partial charge in [-0.25, -0.2) is 9.78 Å². The minimum atomic E-state index is -0.545. The molecule has 0 saturated heterocycles. The number of fused-ring (bicyclic) bond motifs is 2. The molecule has 5 nitrogen and oxygen atoms in total. The second kappa shape index (κ2) is 4.45. The maximum atomic E-state index is 12.2. The van der Waals surface area contributed by atoms with Gasteiger partial charge >= 0.3 is 5.97 Å².